The summed E-state index contributed by atoms with van der Waals surface area (Å²) in [5.41, 5.74) is 0. The van der Waals surface area contributed by atoms with Gasteiger partial charge in [0.15, 0.2) is 0 Å². The van der Waals surface area contributed by atoms with Crippen LogP contribution in [-0.2, 0) is 0 Å². The van der Waals surface area contributed by atoms with Crippen LogP contribution in [0.5, 0.6) is 0 Å². The van der Waals surface area contributed by atoms with E-state index in [1.807, 2.05) is 0 Å². The number of hydrogen-bond acceptors (Lipinski definition) is 4. The summed E-state index contributed by atoms with van der Waals surface area (Å²) >= 11 is 2.07. The minimum atomic E-state index is 0.302. The molecule has 16 heavy (non-hydrogen) atoms. The van der Waals surface area contributed by atoms with Crippen molar-refractivity contribution in [3.8, 4) is 0 Å². The molecule has 2 rings (SSSR count). The summed E-state index contributed by atoms with van der Waals surface area (Å²) in [4.78, 5) is 2.52. The molecule has 0 saturated carbocycles. The van der Waals surface area contributed by atoms with Gasteiger partial charge in [0.05, 0.1) is 6.61 Å². The molecule has 1 unspecified atom stereocenters. The first-order chi connectivity index (χ1) is 7.90. The molecular formula is C12H24N2OS. The van der Waals surface area contributed by atoms with E-state index in [0.717, 1.165) is 19.1 Å². The first-order valence-electron chi connectivity index (χ1n) is 6.56. The van der Waals surface area contributed by atoms with Crippen LogP contribution in [0.15, 0.2) is 0 Å². The molecule has 0 aromatic carbocycles. The van der Waals surface area contributed by atoms with Gasteiger partial charge in [0.1, 0.15) is 0 Å². The molecule has 1 atom stereocenters. The molecule has 0 spiro atoms. The summed E-state index contributed by atoms with van der Waals surface area (Å²) in [6.07, 6.45) is 5.23. The van der Waals surface area contributed by atoms with Crippen molar-refractivity contribution in [1.82, 2.24) is 10.2 Å². The van der Waals surface area contributed by atoms with E-state index in [2.05, 4.69) is 22.0 Å². The van der Waals surface area contributed by atoms with Gasteiger partial charge in [0, 0.05) is 25.2 Å². The molecule has 2 heterocycles. The van der Waals surface area contributed by atoms with Gasteiger partial charge in [0.2, 0.25) is 0 Å². The van der Waals surface area contributed by atoms with E-state index < -0.39 is 0 Å². The third-order valence-corrected chi connectivity index (χ3v) is 4.76. The van der Waals surface area contributed by atoms with E-state index in [1.165, 1.54) is 43.7 Å². The van der Waals surface area contributed by atoms with E-state index in [9.17, 15) is 5.11 Å². The Labute approximate surface area is 103 Å². The normalized spacial score (nSPS) is 27.8. The molecule has 2 aliphatic heterocycles. The van der Waals surface area contributed by atoms with E-state index in [-0.39, 0.29) is 0 Å². The molecule has 0 amide bonds. The molecule has 2 fully saturated rings. The summed E-state index contributed by atoms with van der Waals surface area (Å²) in [5.74, 6) is 2.59. The van der Waals surface area contributed by atoms with Crippen LogP contribution in [0.3, 0.4) is 0 Å². The van der Waals surface area contributed by atoms with Crippen molar-refractivity contribution >= 4 is 11.8 Å². The Kier molecular flexibility index (Phi) is 5.42. The number of aliphatic hydroxyl groups is 1. The van der Waals surface area contributed by atoms with Gasteiger partial charge in [0.25, 0.3) is 0 Å². The van der Waals surface area contributed by atoms with Crippen LogP contribution in [0.1, 0.15) is 25.7 Å². The highest BCUT2D eigenvalue weighted by molar-refractivity contribution is 7.99. The Morgan fingerprint density at radius 3 is 2.69 bits per heavy atom. The van der Waals surface area contributed by atoms with Crippen molar-refractivity contribution in [1.29, 1.82) is 0 Å². The molecule has 0 radical (unpaired) electrons. The lowest BCUT2D eigenvalue weighted by Crippen LogP contribution is -2.46. The van der Waals surface area contributed by atoms with E-state index >= 15 is 0 Å². The van der Waals surface area contributed by atoms with Gasteiger partial charge in [-0.3, -0.25) is 4.90 Å². The molecule has 2 aliphatic rings. The summed E-state index contributed by atoms with van der Waals surface area (Å²) in [5, 5.41) is 12.7. The van der Waals surface area contributed by atoms with Crippen LogP contribution in [0, 0.1) is 0 Å². The van der Waals surface area contributed by atoms with Gasteiger partial charge in [-0.15, -0.1) is 0 Å². The van der Waals surface area contributed by atoms with Gasteiger partial charge < -0.3 is 10.4 Å². The molecule has 0 bridgehead atoms. The fourth-order valence-electron chi connectivity index (χ4n) is 2.80. The smallest absolute Gasteiger partial charge is 0.0558 e. The molecule has 0 aliphatic carbocycles. The fourth-order valence-corrected chi connectivity index (χ4v) is 3.88. The highest BCUT2D eigenvalue weighted by atomic mass is 32.2. The zero-order chi connectivity index (χ0) is 11.2. The second-order valence-electron chi connectivity index (χ2n) is 4.86. The highest BCUT2D eigenvalue weighted by Gasteiger charge is 2.24. The topological polar surface area (TPSA) is 35.5 Å². The molecule has 0 aromatic rings. The maximum Gasteiger partial charge on any atom is 0.0558 e. The van der Waals surface area contributed by atoms with Crippen LogP contribution in [0.25, 0.3) is 0 Å². The minimum Gasteiger partial charge on any atom is -0.395 e. The van der Waals surface area contributed by atoms with Gasteiger partial charge in [-0.1, -0.05) is 0 Å². The molecule has 2 N–H and O–H groups in total. The van der Waals surface area contributed by atoms with Crippen molar-refractivity contribution in [2.75, 3.05) is 37.7 Å². The van der Waals surface area contributed by atoms with Crippen LogP contribution in [0.4, 0.5) is 0 Å². The number of aliphatic hydroxyl groups excluding tert-OH is 1. The average Bonchev–Trinajstić information content (AvgIpc) is 2.83. The maximum absolute atomic E-state index is 9.17. The largest absolute Gasteiger partial charge is 0.395 e. The maximum atomic E-state index is 9.17. The minimum absolute atomic E-state index is 0.302. The average molecular weight is 244 g/mol. The second kappa shape index (κ2) is 6.84. The molecule has 2 saturated heterocycles. The quantitative estimate of drug-likeness (QED) is 0.754. The zero-order valence-electron chi connectivity index (χ0n) is 10.0. The number of hydrogen-bond donors (Lipinski definition) is 2. The van der Waals surface area contributed by atoms with E-state index in [0.29, 0.717) is 12.6 Å². The zero-order valence-corrected chi connectivity index (χ0v) is 10.8. The second-order valence-corrected chi connectivity index (χ2v) is 6.08. The summed E-state index contributed by atoms with van der Waals surface area (Å²) < 4.78 is 0. The highest BCUT2D eigenvalue weighted by Crippen LogP contribution is 2.22. The van der Waals surface area contributed by atoms with Crippen molar-refractivity contribution in [2.45, 2.75) is 37.8 Å². The number of thioether (sulfide) groups is 1. The molecule has 94 valence electrons. The van der Waals surface area contributed by atoms with Gasteiger partial charge in [-0.2, -0.15) is 11.8 Å². The number of nitrogens with one attached hydrogen (secondary N) is 1. The molecule has 0 aromatic heterocycles. The van der Waals surface area contributed by atoms with Crippen molar-refractivity contribution in [3.63, 3.8) is 0 Å². The van der Waals surface area contributed by atoms with E-state index in [4.69, 9.17) is 0 Å². The molecular weight excluding hydrogens is 220 g/mol. The Morgan fingerprint density at radius 1 is 1.25 bits per heavy atom. The van der Waals surface area contributed by atoms with Crippen LogP contribution < -0.4 is 5.32 Å². The lowest BCUT2D eigenvalue weighted by molar-refractivity contribution is 0.133. The summed E-state index contributed by atoms with van der Waals surface area (Å²) in [6.45, 7) is 3.47. The molecule has 4 heteroatoms. The van der Waals surface area contributed by atoms with Crippen molar-refractivity contribution in [3.05, 3.63) is 0 Å². The Hall–Kier alpha value is 0.230. The predicted octanol–water partition coefficient (Wildman–Crippen LogP) is 0.928. The van der Waals surface area contributed by atoms with Crippen LogP contribution >= 0.6 is 11.8 Å². The summed E-state index contributed by atoms with van der Waals surface area (Å²) in [7, 11) is 0. The number of nitrogens with zero attached hydrogens (tertiary/aromatic N) is 1. The molecule has 3 nitrogen and oxygen atoms in total. The first kappa shape index (κ1) is 12.7. The SMILES string of the molecule is OCCN(CC1CCCN1)C1CCSCC1. The Morgan fingerprint density at radius 2 is 2.06 bits per heavy atom. The Bertz CT molecular complexity index is 191. The first-order valence-corrected chi connectivity index (χ1v) is 7.71. The van der Waals surface area contributed by atoms with Gasteiger partial charge >= 0.3 is 0 Å². The predicted molar refractivity (Wildman–Crippen MR) is 70.0 cm³/mol. The summed E-state index contributed by atoms with van der Waals surface area (Å²) in [6, 6.07) is 1.39. The Balaban J connectivity index is 1.82. The van der Waals surface area contributed by atoms with Crippen LogP contribution in [-0.4, -0.2) is 59.8 Å². The number of rotatable bonds is 5. The van der Waals surface area contributed by atoms with Crippen LogP contribution in [0.2, 0.25) is 0 Å². The van der Waals surface area contributed by atoms with Gasteiger partial charge in [-0.25, -0.2) is 0 Å². The monoisotopic (exact) mass is 244 g/mol. The standard InChI is InChI=1S/C12H24N2OS/c15-7-6-14(10-11-2-1-5-13-11)12-3-8-16-9-4-12/h11-13,15H,1-10H2. The van der Waals surface area contributed by atoms with Crippen molar-refractivity contribution < 1.29 is 5.11 Å². The lowest BCUT2D eigenvalue weighted by atomic mass is 10.1. The lowest BCUT2D eigenvalue weighted by Gasteiger charge is -2.35. The van der Waals surface area contributed by atoms with E-state index in [1.54, 1.807) is 0 Å². The van der Waals surface area contributed by atoms with Crippen molar-refractivity contribution in [2.24, 2.45) is 0 Å². The fraction of sp³-hybridized carbons (Fsp3) is 1.00. The third kappa shape index (κ3) is 3.62. The third-order valence-electron chi connectivity index (χ3n) is 3.71. The van der Waals surface area contributed by atoms with Gasteiger partial charge in [-0.05, 0) is 43.7 Å².